The van der Waals surface area contributed by atoms with E-state index in [2.05, 4.69) is 0 Å². The minimum atomic E-state index is -0.910. The first-order chi connectivity index (χ1) is 6.59. The summed E-state index contributed by atoms with van der Waals surface area (Å²) >= 11 is 0. The lowest BCUT2D eigenvalue weighted by Crippen LogP contribution is -2.17. The van der Waals surface area contributed by atoms with E-state index >= 15 is 0 Å². The van der Waals surface area contributed by atoms with Gasteiger partial charge in [0.25, 0.3) is 0 Å². The SMILES string of the molecule is C[C@H](COc1ccc(F)cc1)C(=O)O. The van der Waals surface area contributed by atoms with Gasteiger partial charge in [0.1, 0.15) is 18.2 Å². The van der Waals surface area contributed by atoms with Crippen molar-refractivity contribution < 1.29 is 19.0 Å². The van der Waals surface area contributed by atoms with Gasteiger partial charge in [-0.15, -0.1) is 0 Å². The van der Waals surface area contributed by atoms with E-state index < -0.39 is 11.9 Å². The van der Waals surface area contributed by atoms with Crippen LogP contribution in [0.25, 0.3) is 0 Å². The maximum Gasteiger partial charge on any atom is 0.309 e. The molecule has 0 amide bonds. The number of carbonyl (C=O) groups is 1. The van der Waals surface area contributed by atoms with Crippen LogP contribution in [0, 0.1) is 11.7 Å². The quantitative estimate of drug-likeness (QED) is 0.804. The van der Waals surface area contributed by atoms with Gasteiger partial charge in [0.2, 0.25) is 0 Å². The lowest BCUT2D eigenvalue weighted by atomic mass is 10.2. The fourth-order valence-corrected chi connectivity index (χ4v) is 0.823. The van der Waals surface area contributed by atoms with E-state index in [1.54, 1.807) is 6.92 Å². The van der Waals surface area contributed by atoms with Crippen molar-refractivity contribution in [2.75, 3.05) is 6.61 Å². The Bertz CT molecular complexity index is 308. The Morgan fingerprint density at radius 3 is 2.57 bits per heavy atom. The maximum atomic E-state index is 12.5. The summed E-state index contributed by atoms with van der Waals surface area (Å²) in [5, 5.41) is 8.56. The van der Waals surface area contributed by atoms with Crippen molar-refractivity contribution in [1.82, 2.24) is 0 Å². The average Bonchev–Trinajstić information content (AvgIpc) is 2.16. The normalized spacial score (nSPS) is 12.1. The van der Waals surface area contributed by atoms with Gasteiger partial charge in [0.05, 0.1) is 5.92 Å². The molecule has 0 aliphatic carbocycles. The van der Waals surface area contributed by atoms with Gasteiger partial charge in [-0.2, -0.15) is 0 Å². The topological polar surface area (TPSA) is 46.5 Å². The van der Waals surface area contributed by atoms with Crippen LogP contribution in [0.15, 0.2) is 24.3 Å². The van der Waals surface area contributed by atoms with Crippen molar-refractivity contribution in [3.8, 4) is 5.75 Å². The van der Waals surface area contributed by atoms with Crippen LogP contribution in [-0.2, 0) is 4.79 Å². The average molecular weight is 198 g/mol. The first-order valence-corrected chi connectivity index (χ1v) is 4.21. The fourth-order valence-electron chi connectivity index (χ4n) is 0.823. The molecule has 0 fully saturated rings. The number of aliphatic carboxylic acids is 1. The molecule has 14 heavy (non-hydrogen) atoms. The minimum Gasteiger partial charge on any atom is -0.493 e. The standard InChI is InChI=1S/C10H11FO3/c1-7(10(12)13)6-14-9-4-2-8(11)3-5-9/h2-5,7H,6H2,1H3,(H,12,13)/t7-/m1/s1. The Morgan fingerprint density at radius 1 is 1.50 bits per heavy atom. The molecule has 0 aliphatic rings. The maximum absolute atomic E-state index is 12.5. The second kappa shape index (κ2) is 4.60. The molecule has 0 heterocycles. The van der Waals surface area contributed by atoms with Gasteiger partial charge in [-0.1, -0.05) is 0 Å². The van der Waals surface area contributed by atoms with Crippen LogP contribution in [-0.4, -0.2) is 17.7 Å². The zero-order chi connectivity index (χ0) is 10.6. The highest BCUT2D eigenvalue weighted by atomic mass is 19.1. The smallest absolute Gasteiger partial charge is 0.309 e. The summed E-state index contributed by atoms with van der Waals surface area (Å²) in [5.74, 6) is -1.35. The van der Waals surface area contributed by atoms with Gasteiger partial charge in [-0.25, -0.2) is 4.39 Å². The number of ether oxygens (including phenoxy) is 1. The lowest BCUT2D eigenvalue weighted by molar-refractivity contribution is -0.142. The van der Waals surface area contributed by atoms with Gasteiger partial charge < -0.3 is 9.84 Å². The van der Waals surface area contributed by atoms with Crippen molar-refractivity contribution in [2.45, 2.75) is 6.92 Å². The molecule has 1 rings (SSSR count). The van der Waals surface area contributed by atoms with E-state index in [1.165, 1.54) is 24.3 Å². The molecule has 4 heteroatoms. The summed E-state index contributed by atoms with van der Waals surface area (Å²) in [5.41, 5.74) is 0. The number of carboxylic acid groups (broad SMARTS) is 1. The molecule has 0 bridgehead atoms. The molecule has 0 aliphatic heterocycles. The molecule has 1 N–H and O–H groups in total. The summed E-state index contributed by atoms with van der Waals surface area (Å²) in [7, 11) is 0. The minimum absolute atomic E-state index is 0.0843. The molecule has 3 nitrogen and oxygen atoms in total. The van der Waals surface area contributed by atoms with Gasteiger partial charge in [-0.3, -0.25) is 4.79 Å². The third-order valence-corrected chi connectivity index (χ3v) is 1.74. The highest BCUT2D eigenvalue weighted by Gasteiger charge is 2.11. The molecule has 0 spiro atoms. The lowest BCUT2D eigenvalue weighted by Gasteiger charge is -2.08. The zero-order valence-electron chi connectivity index (χ0n) is 7.74. The predicted molar refractivity (Wildman–Crippen MR) is 48.7 cm³/mol. The van der Waals surface area contributed by atoms with Crippen molar-refractivity contribution in [3.63, 3.8) is 0 Å². The second-order valence-corrected chi connectivity index (χ2v) is 3.00. The number of carboxylic acids is 1. The largest absolute Gasteiger partial charge is 0.493 e. The molecule has 1 atom stereocenters. The number of hydrogen-bond acceptors (Lipinski definition) is 2. The highest BCUT2D eigenvalue weighted by Crippen LogP contribution is 2.12. The van der Waals surface area contributed by atoms with Gasteiger partial charge in [0.15, 0.2) is 0 Å². The Labute approximate surface area is 81.1 Å². The third kappa shape index (κ3) is 3.05. The molecule has 0 aromatic heterocycles. The number of rotatable bonds is 4. The predicted octanol–water partition coefficient (Wildman–Crippen LogP) is 1.93. The zero-order valence-corrected chi connectivity index (χ0v) is 7.74. The van der Waals surface area contributed by atoms with Gasteiger partial charge >= 0.3 is 5.97 Å². The van der Waals surface area contributed by atoms with Crippen LogP contribution >= 0.6 is 0 Å². The molecule has 1 aromatic carbocycles. The monoisotopic (exact) mass is 198 g/mol. The first kappa shape index (κ1) is 10.5. The fraction of sp³-hybridized carbons (Fsp3) is 0.300. The molecule has 76 valence electrons. The summed E-state index contributed by atoms with van der Waals surface area (Å²) in [6.45, 7) is 1.63. The van der Waals surface area contributed by atoms with Crippen molar-refractivity contribution in [2.24, 2.45) is 5.92 Å². The summed E-state index contributed by atoms with van der Waals surface area (Å²) in [4.78, 5) is 10.4. The van der Waals surface area contributed by atoms with E-state index in [4.69, 9.17) is 9.84 Å². The van der Waals surface area contributed by atoms with Crippen LogP contribution in [0.4, 0.5) is 4.39 Å². The second-order valence-electron chi connectivity index (χ2n) is 3.00. The Kier molecular flexibility index (Phi) is 3.45. The molecule has 0 unspecified atom stereocenters. The Hall–Kier alpha value is -1.58. The molecular weight excluding hydrogens is 187 g/mol. The summed E-state index contributed by atoms with van der Waals surface area (Å²) in [6, 6.07) is 5.45. The number of hydrogen-bond donors (Lipinski definition) is 1. The van der Waals surface area contributed by atoms with E-state index in [9.17, 15) is 9.18 Å². The van der Waals surface area contributed by atoms with Crippen LogP contribution in [0.3, 0.4) is 0 Å². The highest BCUT2D eigenvalue weighted by molar-refractivity contribution is 5.69. The van der Waals surface area contributed by atoms with Gasteiger partial charge in [-0.05, 0) is 31.2 Å². The molecular formula is C10H11FO3. The number of halogens is 1. The van der Waals surface area contributed by atoms with Crippen LogP contribution < -0.4 is 4.74 Å². The Morgan fingerprint density at radius 2 is 2.07 bits per heavy atom. The van der Waals surface area contributed by atoms with E-state index in [1.807, 2.05) is 0 Å². The molecule has 1 aromatic rings. The van der Waals surface area contributed by atoms with E-state index in [0.717, 1.165) is 0 Å². The van der Waals surface area contributed by atoms with Crippen molar-refractivity contribution >= 4 is 5.97 Å². The molecule has 0 radical (unpaired) electrons. The molecule has 0 saturated carbocycles. The Balaban J connectivity index is 2.46. The summed E-state index contributed by atoms with van der Waals surface area (Å²) < 4.78 is 17.6. The van der Waals surface area contributed by atoms with E-state index in [-0.39, 0.29) is 12.4 Å². The van der Waals surface area contributed by atoms with Crippen molar-refractivity contribution in [3.05, 3.63) is 30.1 Å². The van der Waals surface area contributed by atoms with Gasteiger partial charge in [0, 0.05) is 0 Å². The summed E-state index contributed by atoms with van der Waals surface area (Å²) in [6.07, 6.45) is 0. The number of benzene rings is 1. The van der Waals surface area contributed by atoms with Crippen LogP contribution in [0.1, 0.15) is 6.92 Å². The van der Waals surface area contributed by atoms with Crippen molar-refractivity contribution in [1.29, 1.82) is 0 Å². The third-order valence-electron chi connectivity index (χ3n) is 1.74. The van der Waals surface area contributed by atoms with Crippen LogP contribution in [0.2, 0.25) is 0 Å². The van der Waals surface area contributed by atoms with Crippen LogP contribution in [0.5, 0.6) is 5.75 Å². The first-order valence-electron chi connectivity index (χ1n) is 4.21. The molecule has 0 saturated heterocycles. The van der Waals surface area contributed by atoms with E-state index in [0.29, 0.717) is 5.75 Å².